The predicted octanol–water partition coefficient (Wildman–Crippen LogP) is 18.2. The lowest BCUT2D eigenvalue weighted by Gasteiger charge is -2.22. The molecule has 0 radical (unpaired) electrons. The second-order valence-electron chi connectivity index (χ2n) is 20.3. The second kappa shape index (κ2) is 55.9. The highest BCUT2D eigenvalue weighted by Crippen LogP contribution is 2.17. The Bertz CT molecular complexity index is 1030. The summed E-state index contributed by atoms with van der Waals surface area (Å²) in [5.74, 6) is -0.0369. The van der Waals surface area contributed by atoms with E-state index in [9.17, 15) is 19.8 Å². The molecule has 0 aliphatic heterocycles. The number of unbranched alkanes of at least 4 members (excludes halogenated alkanes) is 40. The number of aliphatic hydroxyl groups is 2. The van der Waals surface area contributed by atoms with Crippen molar-refractivity contribution in [2.75, 3.05) is 13.2 Å². The summed E-state index contributed by atoms with van der Waals surface area (Å²) in [4.78, 5) is 24.4. The molecule has 0 aliphatic rings. The van der Waals surface area contributed by atoms with Gasteiger partial charge >= 0.3 is 5.97 Å². The summed E-state index contributed by atoms with van der Waals surface area (Å²) in [6.07, 6.45) is 67.5. The molecule has 0 fully saturated rings. The molecule has 0 aromatic rings. The van der Waals surface area contributed by atoms with E-state index in [0.717, 1.165) is 44.9 Å². The first-order valence-corrected chi connectivity index (χ1v) is 29.6. The maximum atomic E-state index is 12.5. The van der Waals surface area contributed by atoms with E-state index in [1.165, 1.54) is 244 Å². The molecule has 0 rings (SSSR count). The molecule has 0 aliphatic carbocycles. The van der Waals surface area contributed by atoms with E-state index < -0.39 is 12.1 Å². The van der Waals surface area contributed by atoms with Gasteiger partial charge in [0.25, 0.3) is 0 Å². The summed E-state index contributed by atoms with van der Waals surface area (Å²) in [5, 5.41) is 23.3. The van der Waals surface area contributed by atoms with Gasteiger partial charge in [0.1, 0.15) is 0 Å². The zero-order valence-corrected chi connectivity index (χ0v) is 44.4. The van der Waals surface area contributed by atoms with Gasteiger partial charge in [0, 0.05) is 12.8 Å². The molecule has 0 aromatic carbocycles. The molecule has 66 heavy (non-hydrogen) atoms. The van der Waals surface area contributed by atoms with Crippen LogP contribution in [0, 0.1) is 0 Å². The fourth-order valence-corrected chi connectivity index (χ4v) is 9.15. The summed E-state index contributed by atoms with van der Waals surface area (Å²) < 4.78 is 5.45. The lowest BCUT2D eigenvalue weighted by atomic mass is 10.0. The van der Waals surface area contributed by atoms with Crippen LogP contribution >= 0.6 is 0 Å². The highest BCUT2D eigenvalue weighted by molar-refractivity contribution is 5.76. The summed E-state index contributed by atoms with van der Waals surface area (Å²) in [6.45, 7) is 4.92. The molecule has 0 saturated heterocycles. The van der Waals surface area contributed by atoms with Gasteiger partial charge in [-0.25, -0.2) is 0 Å². The Labute approximate surface area is 411 Å². The fraction of sp³-hybridized carbons (Fsp3) is 0.900. The van der Waals surface area contributed by atoms with Crippen molar-refractivity contribution in [1.29, 1.82) is 0 Å². The Morgan fingerprint density at radius 1 is 0.409 bits per heavy atom. The van der Waals surface area contributed by atoms with E-state index in [4.69, 9.17) is 4.74 Å². The van der Waals surface area contributed by atoms with Crippen LogP contribution in [0.4, 0.5) is 0 Å². The number of hydrogen-bond donors (Lipinski definition) is 3. The molecule has 0 saturated carbocycles. The smallest absolute Gasteiger partial charge is 0.305 e. The van der Waals surface area contributed by atoms with Crippen LogP contribution in [0.5, 0.6) is 0 Å². The monoisotopic (exact) mass is 930 g/mol. The van der Waals surface area contributed by atoms with Gasteiger partial charge < -0.3 is 20.3 Å². The molecule has 2 unspecified atom stereocenters. The number of aliphatic hydroxyl groups excluding tert-OH is 2. The average Bonchev–Trinajstić information content (AvgIpc) is 3.32. The second-order valence-corrected chi connectivity index (χ2v) is 20.3. The Morgan fingerprint density at radius 3 is 1.12 bits per heavy atom. The van der Waals surface area contributed by atoms with Gasteiger partial charge in [-0.3, -0.25) is 9.59 Å². The van der Waals surface area contributed by atoms with Crippen LogP contribution in [0.25, 0.3) is 0 Å². The summed E-state index contributed by atoms with van der Waals surface area (Å²) >= 11 is 0. The topological polar surface area (TPSA) is 95.9 Å². The van der Waals surface area contributed by atoms with E-state index >= 15 is 0 Å². The first-order chi connectivity index (χ1) is 32.5. The Hall–Kier alpha value is -1.66. The van der Waals surface area contributed by atoms with E-state index in [-0.39, 0.29) is 18.5 Å². The van der Waals surface area contributed by atoms with Crippen molar-refractivity contribution in [3.05, 3.63) is 24.3 Å². The van der Waals surface area contributed by atoms with Gasteiger partial charge in [0.15, 0.2) is 0 Å². The fourth-order valence-electron chi connectivity index (χ4n) is 9.15. The number of carbonyl (C=O) groups excluding carboxylic acids is 2. The molecule has 0 aromatic heterocycles. The lowest BCUT2D eigenvalue weighted by Crippen LogP contribution is -2.45. The molecule has 6 heteroatoms. The highest BCUT2D eigenvalue weighted by Gasteiger charge is 2.20. The van der Waals surface area contributed by atoms with E-state index in [1.54, 1.807) is 0 Å². The van der Waals surface area contributed by atoms with Crippen molar-refractivity contribution < 1.29 is 24.5 Å². The summed E-state index contributed by atoms with van der Waals surface area (Å²) in [5.41, 5.74) is 0. The van der Waals surface area contributed by atoms with Crippen molar-refractivity contribution in [2.45, 2.75) is 334 Å². The zero-order chi connectivity index (χ0) is 47.9. The SMILES string of the molecule is CCCC/C=C\CCCCCCCC(=O)OCCCCCCCCCCCCCC/C=C\CCCCCCCCCCC(=O)NC(CO)C(O)CCCCCCCCCCCCCCCC. The van der Waals surface area contributed by atoms with Gasteiger partial charge in [-0.2, -0.15) is 0 Å². The molecule has 390 valence electrons. The van der Waals surface area contributed by atoms with Crippen molar-refractivity contribution in [3.8, 4) is 0 Å². The normalized spacial score (nSPS) is 12.7. The van der Waals surface area contributed by atoms with Crippen LogP contribution in [-0.4, -0.2) is 47.4 Å². The summed E-state index contributed by atoms with van der Waals surface area (Å²) in [7, 11) is 0. The van der Waals surface area contributed by atoms with Crippen molar-refractivity contribution in [1.82, 2.24) is 5.32 Å². The number of carbonyl (C=O) groups is 2. The molecule has 0 bridgehead atoms. The third kappa shape index (κ3) is 51.7. The van der Waals surface area contributed by atoms with Crippen molar-refractivity contribution in [3.63, 3.8) is 0 Å². The van der Waals surface area contributed by atoms with Crippen LogP contribution in [0.3, 0.4) is 0 Å². The Balaban J connectivity index is 3.40. The molecule has 1 amide bonds. The number of rotatable bonds is 55. The van der Waals surface area contributed by atoms with Gasteiger partial charge in [0.05, 0.1) is 25.4 Å². The van der Waals surface area contributed by atoms with Crippen LogP contribution < -0.4 is 5.32 Å². The number of hydrogen-bond acceptors (Lipinski definition) is 5. The molecule has 0 heterocycles. The van der Waals surface area contributed by atoms with Crippen LogP contribution in [-0.2, 0) is 14.3 Å². The zero-order valence-electron chi connectivity index (χ0n) is 44.4. The number of amides is 1. The number of nitrogens with one attached hydrogen (secondary N) is 1. The molecular formula is C60H115NO5. The minimum atomic E-state index is -0.666. The van der Waals surface area contributed by atoms with E-state index in [1.807, 2.05) is 0 Å². The van der Waals surface area contributed by atoms with E-state index in [0.29, 0.717) is 25.9 Å². The Morgan fingerprint density at radius 2 is 0.727 bits per heavy atom. The average molecular weight is 931 g/mol. The van der Waals surface area contributed by atoms with Crippen LogP contribution in [0.2, 0.25) is 0 Å². The standard InChI is InChI=1S/C60H115NO5/c1-3-5-7-9-11-13-15-16-29-33-36-40-44-48-52-58(63)57(56-62)61-59(64)53-49-45-41-37-34-30-27-25-23-21-19-17-18-20-22-24-26-28-31-35-39-43-47-51-55-66-60(65)54-50-46-42-38-32-14-12-10-8-6-4-2/h10,12,19,21,57-58,62-63H,3-9,11,13-18,20,22-56H2,1-2H3,(H,61,64)/b12-10-,21-19-. The van der Waals surface area contributed by atoms with Gasteiger partial charge in [0.2, 0.25) is 5.91 Å². The predicted molar refractivity (Wildman–Crippen MR) is 287 cm³/mol. The maximum absolute atomic E-state index is 12.5. The Kier molecular flexibility index (Phi) is 54.5. The largest absolute Gasteiger partial charge is 0.466 e. The van der Waals surface area contributed by atoms with Crippen LogP contribution in [0.15, 0.2) is 24.3 Å². The number of esters is 1. The van der Waals surface area contributed by atoms with Gasteiger partial charge in [-0.1, -0.05) is 263 Å². The first kappa shape index (κ1) is 64.3. The molecule has 0 spiro atoms. The van der Waals surface area contributed by atoms with Gasteiger partial charge in [-0.15, -0.1) is 0 Å². The third-order valence-corrected chi connectivity index (χ3v) is 13.7. The van der Waals surface area contributed by atoms with Gasteiger partial charge in [-0.05, 0) is 70.6 Å². The third-order valence-electron chi connectivity index (χ3n) is 13.7. The van der Waals surface area contributed by atoms with Crippen molar-refractivity contribution >= 4 is 11.9 Å². The molecular weight excluding hydrogens is 815 g/mol. The number of ether oxygens (including phenoxy) is 1. The first-order valence-electron chi connectivity index (χ1n) is 29.6. The summed E-state index contributed by atoms with van der Waals surface area (Å²) in [6, 6.07) is -0.544. The van der Waals surface area contributed by atoms with E-state index in [2.05, 4.69) is 43.5 Å². The highest BCUT2D eigenvalue weighted by atomic mass is 16.5. The minimum Gasteiger partial charge on any atom is -0.466 e. The van der Waals surface area contributed by atoms with Crippen molar-refractivity contribution in [2.24, 2.45) is 0 Å². The molecule has 6 nitrogen and oxygen atoms in total. The number of allylic oxidation sites excluding steroid dienone is 4. The minimum absolute atomic E-state index is 0.00148. The lowest BCUT2D eigenvalue weighted by molar-refractivity contribution is -0.143. The van der Waals surface area contributed by atoms with Crippen LogP contribution in [0.1, 0.15) is 322 Å². The quantitative estimate of drug-likeness (QED) is 0.0321. The molecule has 2 atom stereocenters. The maximum Gasteiger partial charge on any atom is 0.305 e. The molecule has 3 N–H and O–H groups in total.